The summed E-state index contributed by atoms with van der Waals surface area (Å²) in [7, 11) is 2.05. The molecule has 0 saturated carbocycles. The van der Waals surface area contributed by atoms with Crippen LogP contribution in [-0.4, -0.2) is 23.5 Å². The molecule has 1 aromatic carbocycles. The number of rotatable bonds is 5. The second-order valence-electron chi connectivity index (χ2n) is 4.65. The highest BCUT2D eigenvalue weighted by Crippen LogP contribution is 2.29. The van der Waals surface area contributed by atoms with Gasteiger partial charge in [-0.15, -0.1) is 0 Å². The van der Waals surface area contributed by atoms with E-state index in [1.807, 2.05) is 43.4 Å². The normalized spacial score (nSPS) is 12.7. The molecule has 5 heteroatoms. The van der Waals surface area contributed by atoms with E-state index in [2.05, 4.69) is 25.8 Å². The summed E-state index contributed by atoms with van der Waals surface area (Å²) in [6.45, 7) is 1.28. The van der Waals surface area contributed by atoms with Crippen molar-refractivity contribution < 1.29 is 0 Å². The van der Waals surface area contributed by atoms with Crippen LogP contribution in [0, 0.1) is 0 Å². The first-order chi connectivity index (χ1) is 9.61. The third kappa shape index (κ3) is 3.79. The van der Waals surface area contributed by atoms with Crippen LogP contribution >= 0.6 is 27.5 Å². The number of aromatic nitrogens is 1. The van der Waals surface area contributed by atoms with Gasteiger partial charge in [0.2, 0.25) is 0 Å². The van der Waals surface area contributed by atoms with Gasteiger partial charge >= 0.3 is 0 Å². The summed E-state index contributed by atoms with van der Waals surface area (Å²) in [5.41, 5.74) is 8.11. The fourth-order valence-electron chi connectivity index (χ4n) is 2.17. The van der Waals surface area contributed by atoms with Crippen LogP contribution in [0.3, 0.4) is 0 Å². The summed E-state index contributed by atoms with van der Waals surface area (Å²) >= 11 is 9.55. The number of hydrogen-bond acceptors (Lipinski definition) is 3. The molecule has 0 aliphatic carbocycles. The first-order valence-electron chi connectivity index (χ1n) is 6.37. The van der Waals surface area contributed by atoms with Gasteiger partial charge in [0.1, 0.15) is 0 Å². The molecule has 2 rings (SSSR count). The molecule has 3 nitrogen and oxygen atoms in total. The number of nitrogens with zero attached hydrogens (tertiary/aromatic N) is 2. The minimum Gasteiger partial charge on any atom is -0.329 e. The van der Waals surface area contributed by atoms with Crippen LogP contribution in [0.4, 0.5) is 0 Å². The maximum atomic E-state index is 5.99. The average Bonchev–Trinajstić information content (AvgIpc) is 2.43. The molecule has 1 atom stereocenters. The number of likely N-dealkylation sites (N-methyl/N-ethyl adjacent to an activating group) is 1. The molecule has 0 aliphatic rings. The van der Waals surface area contributed by atoms with Crippen molar-refractivity contribution in [3.8, 4) is 0 Å². The third-order valence-corrected chi connectivity index (χ3v) is 4.14. The molecular formula is C15H17BrClN3. The Bertz CT molecular complexity index is 562. The van der Waals surface area contributed by atoms with Crippen LogP contribution in [0.2, 0.25) is 5.02 Å². The van der Waals surface area contributed by atoms with E-state index >= 15 is 0 Å². The molecule has 0 amide bonds. The van der Waals surface area contributed by atoms with E-state index in [9.17, 15) is 0 Å². The average molecular weight is 355 g/mol. The number of pyridine rings is 1. The van der Waals surface area contributed by atoms with Gasteiger partial charge in [-0.25, -0.2) is 0 Å². The highest BCUT2D eigenvalue weighted by Gasteiger charge is 2.18. The van der Waals surface area contributed by atoms with Crippen LogP contribution in [0.15, 0.2) is 47.1 Å². The van der Waals surface area contributed by atoms with E-state index in [4.69, 9.17) is 17.3 Å². The molecule has 1 unspecified atom stereocenters. The Balaban J connectivity index is 2.19. The van der Waals surface area contributed by atoms with Crippen molar-refractivity contribution in [2.45, 2.75) is 12.6 Å². The second-order valence-corrected chi connectivity index (χ2v) is 5.94. The molecule has 2 aromatic rings. The molecule has 1 heterocycles. The molecule has 0 spiro atoms. The zero-order valence-electron chi connectivity index (χ0n) is 11.3. The van der Waals surface area contributed by atoms with Gasteiger partial charge in [-0.1, -0.05) is 39.7 Å². The molecule has 0 radical (unpaired) electrons. The van der Waals surface area contributed by atoms with E-state index in [-0.39, 0.29) is 6.04 Å². The van der Waals surface area contributed by atoms with Gasteiger partial charge in [-0.2, -0.15) is 0 Å². The number of benzene rings is 1. The Morgan fingerprint density at radius 3 is 2.75 bits per heavy atom. The Labute approximate surface area is 132 Å². The van der Waals surface area contributed by atoms with Crippen molar-refractivity contribution in [3.63, 3.8) is 0 Å². The zero-order chi connectivity index (χ0) is 14.5. The van der Waals surface area contributed by atoms with Gasteiger partial charge in [-0.05, 0) is 36.9 Å². The molecule has 2 N–H and O–H groups in total. The minimum absolute atomic E-state index is 0.114. The SMILES string of the molecule is CN(Cc1ccccn1)C(CN)c1ccc(Cl)cc1Br. The Morgan fingerprint density at radius 1 is 1.35 bits per heavy atom. The van der Waals surface area contributed by atoms with Crippen LogP contribution in [0.1, 0.15) is 17.3 Å². The van der Waals surface area contributed by atoms with E-state index in [0.29, 0.717) is 11.6 Å². The molecule has 1 aromatic heterocycles. The van der Waals surface area contributed by atoms with E-state index in [1.165, 1.54) is 0 Å². The van der Waals surface area contributed by atoms with Gasteiger partial charge in [0.05, 0.1) is 5.69 Å². The van der Waals surface area contributed by atoms with Crippen molar-refractivity contribution in [2.24, 2.45) is 5.73 Å². The first-order valence-corrected chi connectivity index (χ1v) is 7.54. The number of halogens is 2. The topological polar surface area (TPSA) is 42.2 Å². The molecule has 0 fully saturated rings. The standard InChI is InChI=1S/C15H17BrClN3/c1-20(10-12-4-2-3-7-19-12)15(9-18)13-6-5-11(17)8-14(13)16/h2-8,15H,9-10,18H2,1H3. The quantitative estimate of drug-likeness (QED) is 0.891. The van der Waals surface area contributed by atoms with E-state index < -0.39 is 0 Å². The van der Waals surface area contributed by atoms with Crippen molar-refractivity contribution >= 4 is 27.5 Å². The van der Waals surface area contributed by atoms with Crippen molar-refractivity contribution in [2.75, 3.05) is 13.6 Å². The second kappa shape index (κ2) is 7.18. The van der Waals surface area contributed by atoms with Crippen LogP contribution in [0.25, 0.3) is 0 Å². The summed E-state index contributed by atoms with van der Waals surface area (Å²) in [5.74, 6) is 0. The van der Waals surface area contributed by atoms with Crippen molar-refractivity contribution in [3.05, 3.63) is 63.3 Å². The van der Waals surface area contributed by atoms with Gasteiger partial charge in [-0.3, -0.25) is 9.88 Å². The van der Waals surface area contributed by atoms with Gasteiger partial charge in [0, 0.05) is 34.8 Å². The lowest BCUT2D eigenvalue weighted by atomic mass is 10.1. The largest absolute Gasteiger partial charge is 0.329 e. The van der Waals surface area contributed by atoms with Gasteiger partial charge in [0.25, 0.3) is 0 Å². The predicted octanol–water partition coefficient (Wildman–Crippen LogP) is 3.63. The molecule has 0 bridgehead atoms. The van der Waals surface area contributed by atoms with Crippen LogP contribution in [-0.2, 0) is 6.54 Å². The summed E-state index contributed by atoms with van der Waals surface area (Å²) in [6, 6.07) is 11.8. The smallest absolute Gasteiger partial charge is 0.0544 e. The van der Waals surface area contributed by atoms with Gasteiger partial charge < -0.3 is 5.73 Å². The Kier molecular flexibility index (Phi) is 5.54. The third-order valence-electron chi connectivity index (χ3n) is 3.21. The van der Waals surface area contributed by atoms with Crippen molar-refractivity contribution in [1.82, 2.24) is 9.88 Å². The first kappa shape index (κ1) is 15.4. The summed E-state index contributed by atoms with van der Waals surface area (Å²) in [5, 5.41) is 0.712. The fraction of sp³-hybridized carbons (Fsp3) is 0.267. The Hall–Kier alpha value is -0.940. The summed E-state index contributed by atoms with van der Waals surface area (Å²) < 4.78 is 0.980. The maximum absolute atomic E-state index is 5.99. The van der Waals surface area contributed by atoms with Crippen LogP contribution in [0.5, 0.6) is 0 Å². The van der Waals surface area contributed by atoms with E-state index in [1.54, 1.807) is 6.20 Å². The van der Waals surface area contributed by atoms with Gasteiger partial charge in [0.15, 0.2) is 0 Å². The Morgan fingerprint density at radius 2 is 2.15 bits per heavy atom. The zero-order valence-corrected chi connectivity index (χ0v) is 13.6. The van der Waals surface area contributed by atoms with Crippen molar-refractivity contribution in [1.29, 1.82) is 0 Å². The maximum Gasteiger partial charge on any atom is 0.0544 e. The number of nitrogens with two attached hydrogens (primary N) is 1. The lowest BCUT2D eigenvalue weighted by Gasteiger charge is -2.28. The molecular weight excluding hydrogens is 338 g/mol. The fourth-order valence-corrected chi connectivity index (χ4v) is 3.12. The highest BCUT2D eigenvalue weighted by atomic mass is 79.9. The highest BCUT2D eigenvalue weighted by molar-refractivity contribution is 9.10. The monoisotopic (exact) mass is 353 g/mol. The van der Waals surface area contributed by atoms with E-state index in [0.717, 1.165) is 22.3 Å². The molecule has 0 saturated heterocycles. The van der Waals surface area contributed by atoms with Crippen LogP contribution < -0.4 is 5.73 Å². The lowest BCUT2D eigenvalue weighted by molar-refractivity contribution is 0.238. The molecule has 106 valence electrons. The number of hydrogen-bond donors (Lipinski definition) is 1. The molecule has 0 aliphatic heterocycles. The summed E-state index contributed by atoms with van der Waals surface area (Å²) in [4.78, 5) is 6.54. The predicted molar refractivity (Wildman–Crippen MR) is 86.7 cm³/mol. The molecule has 20 heavy (non-hydrogen) atoms. The lowest BCUT2D eigenvalue weighted by Crippen LogP contribution is -2.30. The summed E-state index contributed by atoms with van der Waals surface area (Å²) in [6.07, 6.45) is 1.80. The minimum atomic E-state index is 0.114.